The first-order chi connectivity index (χ1) is 14.7. The van der Waals surface area contributed by atoms with Gasteiger partial charge in [0, 0.05) is 10.7 Å². The lowest BCUT2D eigenvalue weighted by Gasteiger charge is -2.14. The summed E-state index contributed by atoms with van der Waals surface area (Å²) >= 11 is 13.0. The van der Waals surface area contributed by atoms with Gasteiger partial charge in [-0.05, 0) is 60.8 Å². The minimum absolute atomic E-state index is 0.152. The number of benzene rings is 2. The van der Waals surface area contributed by atoms with Crippen LogP contribution in [0.1, 0.15) is 17.3 Å². The number of esters is 1. The SMILES string of the molecule is C[C@@H](OC(=O)c1ccc(NS(=O)(=O)c2cccs2)cc1)C(=O)Nc1cc(Cl)ccc1Cl. The van der Waals surface area contributed by atoms with E-state index in [2.05, 4.69) is 10.0 Å². The molecule has 2 aromatic carbocycles. The lowest BCUT2D eigenvalue weighted by atomic mass is 10.2. The number of amides is 1. The van der Waals surface area contributed by atoms with E-state index in [1.165, 1.54) is 49.4 Å². The molecule has 0 radical (unpaired) electrons. The second-order valence-corrected chi connectivity index (χ2v) is 9.98. The monoisotopic (exact) mass is 498 g/mol. The predicted molar refractivity (Wildman–Crippen MR) is 122 cm³/mol. The molecule has 31 heavy (non-hydrogen) atoms. The number of hydrogen-bond donors (Lipinski definition) is 2. The highest BCUT2D eigenvalue weighted by molar-refractivity contribution is 7.94. The Morgan fingerprint density at radius 1 is 1.06 bits per heavy atom. The van der Waals surface area contributed by atoms with E-state index >= 15 is 0 Å². The maximum absolute atomic E-state index is 12.3. The molecule has 162 valence electrons. The minimum Gasteiger partial charge on any atom is -0.449 e. The predicted octanol–water partition coefficient (Wildman–Crippen LogP) is 5.04. The van der Waals surface area contributed by atoms with Crippen LogP contribution in [0.4, 0.5) is 11.4 Å². The van der Waals surface area contributed by atoms with E-state index in [1.807, 2.05) is 0 Å². The molecule has 0 bridgehead atoms. The fourth-order valence-electron chi connectivity index (χ4n) is 2.41. The van der Waals surface area contributed by atoms with Gasteiger partial charge in [0.2, 0.25) is 0 Å². The van der Waals surface area contributed by atoms with Crippen molar-refractivity contribution in [1.82, 2.24) is 0 Å². The first-order valence-electron chi connectivity index (χ1n) is 8.79. The van der Waals surface area contributed by atoms with E-state index in [0.717, 1.165) is 11.3 Å². The highest BCUT2D eigenvalue weighted by Gasteiger charge is 2.20. The van der Waals surface area contributed by atoms with E-state index in [1.54, 1.807) is 17.5 Å². The van der Waals surface area contributed by atoms with Crippen LogP contribution in [-0.2, 0) is 19.6 Å². The van der Waals surface area contributed by atoms with Crippen LogP contribution in [0.5, 0.6) is 0 Å². The second kappa shape index (κ2) is 9.69. The smallest absolute Gasteiger partial charge is 0.338 e. The van der Waals surface area contributed by atoms with Crippen LogP contribution in [0.2, 0.25) is 10.0 Å². The van der Waals surface area contributed by atoms with Gasteiger partial charge in [-0.3, -0.25) is 9.52 Å². The maximum Gasteiger partial charge on any atom is 0.338 e. The van der Waals surface area contributed by atoms with Crippen LogP contribution in [0, 0.1) is 0 Å². The summed E-state index contributed by atoms with van der Waals surface area (Å²) in [6.07, 6.45) is -1.11. The molecule has 0 saturated heterocycles. The normalized spacial score (nSPS) is 12.1. The van der Waals surface area contributed by atoms with Gasteiger partial charge in [0.1, 0.15) is 4.21 Å². The number of halogens is 2. The average molecular weight is 499 g/mol. The molecular formula is C20H16Cl2N2O5S2. The summed E-state index contributed by atoms with van der Waals surface area (Å²) in [4.78, 5) is 24.6. The van der Waals surface area contributed by atoms with Crippen LogP contribution >= 0.6 is 34.5 Å². The van der Waals surface area contributed by atoms with Crippen LogP contribution in [-0.4, -0.2) is 26.4 Å². The van der Waals surface area contributed by atoms with Gasteiger partial charge in [-0.2, -0.15) is 0 Å². The molecule has 0 spiro atoms. The van der Waals surface area contributed by atoms with Crippen molar-refractivity contribution in [2.24, 2.45) is 0 Å². The van der Waals surface area contributed by atoms with E-state index in [4.69, 9.17) is 27.9 Å². The van der Waals surface area contributed by atoms with E-state index in [-0.39, 0.29) is 20.5 Å². The molecule has 0 saturated carbocycles. The molecule has 1 aromatic heterocycles. The molecule has 0 fully saturated rings. The largest absolute Gasteiger partial charge is 0.449 e. The van der Waals surface area contributed by atoms with Crippen LogP contribution < -0.4 is 10.0 Å². The van der Waals surface area contributed by atoms with E-state index in [9.17, 15) is 18.0 Å². The van der Waals surface area contributed by atoms with E-state index < -0.39 is 28.0 Å². The molecule has 1 amide bonds. The molecule has 11 heteroatoms. The third-order valence-corrected chi connectivity index (χ3v) is 7.32. The van der Waals surface area contributed by atoms with Gasteiger partial charge < -0.3 is 10.1 Å². The molecule has 0 aliphatic carbocycles. The molecule has 0 aliphatic heterocycles. The van der Waals surface area contributed by atoms with Crippen molar-refractivity contribution in [3.05, 3.63) is 75.6 Å². The first-order valence-corrected chi connectivity index (χ1v) is 11.9. The van der Waals surface area contributed by atoms with Gasteiger partial charge in [-0.1, -0.05) is 29.3 Å². The molecule has 2 N–H and O–H groups in total. The number of anilines is 2. The maximum atomic E-state index is 12.3. The lowest BCUT2D eigenvalue weighted by molar-refractivity contribution is -0.123. The Bertz CT molecular complexity index is 1200. The zero-order valence-electron chi connectivity index (χ0n) is 16.0. The Kier molecular flexibility index (Phi) is 7.22. The minimum atomic E-state index is -3.69. The Balaban J connectivity index is 1.61. The fraction of sp³-hybridized carbons (Fsp3) is 0.100. The van der Waals surface area contributed by atoms with Crippen molar-refractivity contribution in [2.45, 2.75) is 17.2 Å². The number of thiophene rings is 1. The standard InChI is InChI=1S/C20H16Cl2N2O5S2/c1-12(19(25)23-17-11-14(21)6-9-16(17)22)29-20(26)13-4-7-15(8-5-13)24-31(27,28)18-3-2-10-30-18/h2-12,24H,1H3,(H,23,25)/t12-/m1/s1. The van der Waals surface area contributed by atoms with Crippen molar-refractivity contribution in [1.29, 1.82) is 0 Å². The van der Waals surface area contributed by atoms with Crippen molar-refractivity contribution >= 4 is 67.8 Å². The summed E-state index contributed by atoms with van der Waals surface area (Å²) in [6, 6.07) is 13.4. The molecule has 0 aliphatic rings. The van der Waals surface area contributed by atoms with Gasteiger partial charge in [-0.25, -0.2) is 13.2 Å². The lowest BCUT2D eigenvalue weighted by Crippen LogP contribution is -2.30. The van der Waals surface area contributed by atoms with Crippen molar-refractivity contribution < 1.29 is 22.7 Å². The zero-order chi connectivity index (χ0) is 22.6. The van der Waals surface area contributed by atoms with Crippen molar-refractivity contribution in [2.75, 3.05) is 10.0 Å². The Morgan fingerprint density at radius 2 is 1.77 bits per heavy atom. The zero-order valence-corrected chi connectivity index (χ0v) is 19.1. The highest BCUT2D eigenvalue weighted by atomic mass is 35.5. The van der Waals surface area contributed by atoms with Crippen LogP contribution in [0.25, 0.3) is 0 Å². The van der Waals surface area contributed by atoms with Crippen LogP contribution in [0.3, 0.4) is 0 Å². The summed E-state index contributed by atoms with van der Waals surface area (Å²) in [5.74, 6) is -1.33. The number of ether oxygens (including phenoxy) is 1. The summed E-state index contributed by atoms with van der Waals surface area (Å²) in [6.45, 7) is 1.41. The van der Waals surface area contributed by atoms with Crippen LogP contribution in [0.15, 0.2) is 64.2 Å². The third-order valence-electron chi connectivity index (χ3n) is 3.97. The number of carbonyl (C=O) groups is 2. The number of rotatable bonds is 7. The fourth-order valence-corrected chi connectivity index (χ4v) is 4.79. The first kappa shape index (κ1) is 23.1. The highest BCUT2D eigenvalue weighted by Crippen LogP contribution is 2.26. The Hall–Kier alpha value is -2.59. The third kappa shape index (κ3) is 5.98. The second-order valence-electron chi connectivity index (χ2n) is 6.28. The van der Waals surface area contributed by atoms with Crippen molar-refractivity contribution in [3.63, 3.8) is 0 Å². The topological polar surface area (TPSA) is 102 Å². The van der Waals surface area contributed by atoms with Gasteiger partial charge >= 0.3 is 5.97 Å². The number of nitrogens with one attached hydrogen (secondary N) is 2. The quantitative estimate of drug-likeness (QED) is 0.444. The summed E-state index contributed by atoms with van der Waals surface area (Å²) < 4.78 is 32.3. The van der Waals surface area contributed by atoms with Crippen molar-refractivity contribution in [3.8, 4) is 0 Å². The molecule has 1 heterocycles. The Labute approximate surface area is 193 Å². The van der Waals surface area contributed by atoms with Gasteiger partial charge in [0.05, 0.1) is 16.3 Å². The molecule has 1 atom stereocenters. The Morgan fingerprint density at radius 3 is 2.42 bits per heavy atom. The van der Waals surface area contributed by atoms with Gasteiger partial charge in [0.25, 0.3) is 15.9 Å². The number of carbonyl (C=O) groups excluding carboxylic acids is 2. The van der Waals surface area contributed by atoms with Gasteiger partial charge in [0.15, 0.2) is 6.10 Å². The number of sulfonamides is 1. The molecular weight excluding hydrogens is 483 g/mol. The molecule has 3 aromatic rings. The number of hydrogen-bond acceptors (Lipinski definition) is 6. The molecule has 7 nitrogen and oxygen atoms in total. The molecule has 0 unspecified atom stereocenters. The van der Waals surface area contributed by atoms with Gasteiger partial charge in [-0.15, -0.1) is 11.3 Å². The molecule has 3 rings (SSSR count). The summed E-state index contributed by atoms with van der Waals surface area (Å²) in [5, 5.41) is 4.88. The van der Waals surface area contributed by atoms with E-state index in [0.29, 0.717) is 10.7 Å². The summed E-state index contributed by atoms with van der Waals surface area (Å²) in [7, 11) is -3.69. The average Bonchev–Trinajstić information content (AvgIpc) is 3.27. The summed E-state index contributed by atoms with van der Waals surface area (Å²) in [5.41, 5.74) is 0.732.